The zero-order valence-corrected chi connectivity index (χ0v) is 12.8. The maximum absolute atomic E-state index is 13.9. The molecule has 4 nitrogen and oxygen atoms in total. The van der Waals surface area contributed by atoms with Crippen molar-refractivity contribution < 1.29 is 13.9 Å². The highest BCUT2D eigenvalue weighted by Gasteiger charge is 2.35. The summed E-state index contributed by atoms with van der Waals surface area (Å²) in [5.41, 5.74) is 6.94. The summed E-state index contributed by atoms with van der Waals surface area (Å²) >= 11 is 0. The predicted octanol–water partition coefficient (Wildman–Crippen LogP) is 2.48. The number of nitrogens with zero attached hydrogens (tertiary/aromatic N) is 1. The van der Waals surface area contributed by atoms with E-state index in [1.807, 2.05) is 0 Å². The molecule has 1 aromatic carbocycles. The average Bonchev–Trinajstić information content (AvgIpc) is 2.42. The number of hydrogen-bond acceptors (Lipinski definition) is 3. The summed E-state index contributed by atoms with van der Waals surface area (Å²) in [6.45, 7) is 4.74. The topological polar surface area (TPSA) is 55.6 Å². The van der Waals surface area contributed by atoms with Crippen molar-refractivity contribution in [3.8, 4) is 5.75 Å². The number of methoxy groups -OCH3 is 1. The van der Waals surface area contributed by atoms with Crippen LogP contribution in [0.5, 0.6) is 5.75 Å². The van der Waals surface area contributed by atoms with Crippen LogP contribution in [0.4, 0.5) is 4.39 Å². The molecule has 0 aliphatic carbocycles. The molecule has 2 rings (SSSR count). The van der Waals surface area contributed by atoms with E-state index in [4.69, 9.17) is 10.5 Å². The molecule has 2 atom stereocenters. The van der Waals surface area contributed by atoms with E-state index in [0.717, 1.165) is 5.56 Å². The third kappa shape index (κ3) is 3.35. The number of carbonyl (C=O) groups excluding carboxylic acids is 1. The third-order valence-corrected chi connectivity index (χ3v) is 3.83. The van der Waals surface area contributed by atoms with Gasteiger partial charge in [0.1, 0.15) is 0 Å². The monoisotopic (exact) mass is 294 g/mol. The van der Waals surface area contributed by atoms with Gasteiger partial charge in [0.2, 0.25) is 5.91 Å². The fraction of sp³-hybridized carbons (Fsp3) is 0.562. The van der Waals surface area contributed by atoms with Crippen molar-refractivity contribution in [2.24, 2.45) is 11.7 Å². The Labute approximate surface area is 125 Å². The van der Waals surface area contributed by atoms with E-state index in [0.29, 0.717) is 25.3 Å². The number of nitrogens with two attached hydrogens (primary N) is 1. The summed E-state index contributed by atoms with van der Waals surface area (Å²) in [5.74, 6) is 0.200. The second-order valence-corrected chi connectivity index (χ2v) is 5.98. The largest absolute Gasteiger partial charge is 0.494 e. The molecule has 0 spiro atoms. The van der Waals surface area contributed by atoms with Crippen LogP contribution >= 0.6 is 0 Å². The molecule has 1 aliphatic heterocycles. The Morgan fingerprint density at radius 2 is 2.19 bits per heavy atom. The van der Waals surface area contributed by atoms with Crippen molar-refractivity contribution in [1.29, 1.82) is 0 Å². The lowest BCUT2D eigenvalue weighted by atomic mass is 9.89. The van der Waals surface area contributed by atoms with Crippen LogP contribution in [0.1, 0.15) is 38.3 Å². The zero-order chi connectivity index (χ0) is 15.6. The van der Waals surface area contributed by atoms with Crippen molar-refractivity contribution in [1.82, 2.24) is 4.90 Å². The lowest BCUT2D eigenvalue weighted by Crippen LogP contribution is -2.50. The van der Waals surface area contributed by atoms with Gasteiger partial charge in [0, 0.05) is 19.0 Å². The minimum absolute atomic E-state index is 0.0895. The highest BCUT2D eigenvalue weighted by atomic mass is 19.1. The number of piperidine rings is 1. The maximum atomic E-state index is 13.9. The highest BCUT2D eigenvalue weighted by Crippen LogP contribution is 2.33. The summed E-state index contributed by atoms with van der Waals surface area (Å²) in [6.07, 6.45) is 1.09. The van der Waals surface area contributed by atoms with Crippen LogP contribution in [0, 0.1) is 11.7 Å². The summed E-state index contributed by atoms with van der Waals surface area (Å²) in [6, 6.07) is 4.36. The van der Waals surface area contributed by atoms with E-state index in [1.165, 1.54) is 13.2 Å². The summed E-state index contributed by atoms with van der Waals surface area (Å²) < 4.78 is 18.9. The van der Waals surface area contributed by atoms with E-state index in [9.17, 15) is 9.18 Å². The van der Waals surface area contributed by atoms with Gasteiger partial charge in [-0.2, -0.15) is 0 Å². The minimum Gasteiger partial charge on any atom is -0.494 e. The van der Waals surface area contributed by atoms with Gasteiger partial charge in [-0.15, -0.1) is 0 Å². The summed E-state index contributed by atoms with van der Waals surface area (Å²) in [7, 11) is 1.43. The summed E-state index contributed by atoms with van der Waals surface area (Å²) in [4.78, 5) is 14.0. The number of amides is 1. The number of likely N-dealkylation sites (tertiary alicyclic amines) is 1. The number of hydrogen-bond donors (Lipinski definition) is 1. The van der Waals surface area contributed by atoms with Crippen LogP contribution in [-0.2, 0) is 4.79 Å². The lowest BCUT2D eigenvalue weighted by Gasteiger charge is -2.41. The molecule has 2 unspecified atom stereocenters. The number of carbonyl (C=O) groups is 1. The third-order valence-electron chi connectivity index (χ3n) is 3.83. The Bertz CT molecular complexity index is 519. The molecule has 0 radical (unpaired) electrons. The van der Waals surface area contributed by atoms with Crippen LogP contribution < -0.4 is 10.5 Å². The van der Waals surface area contributed by atoms with E-state index in [1.54, 1.807) is 17.0 Å². The number of rotatable bonds is 4. The number of benzene rings is 1. The Kier molecular flexibility index (Phi) is 4.83. The zero-order valence-electron chi connectivity index (χ0n) is 12.8. The second kappa shape index (κ2) is 6.43. The van der Waals surface area contributed by atoms with Crippen LogP contribution in [0.2, 0.25) is 0 Å². The van der Waals surface area contributed by atoms with Gasteiger partial charge in [-0.05, 0) is 30.0 Å². The van der Waals surface area contributed by atoms with E-state index in [-0.39, 0.29) is 23.7 Å². The molecule has 0 aromatic heterocycles. The molecular weight excluding hydrogens is 271 g/mol. The first-order valence-electron chi connectivity index (χ1n) is 7.32. The van der Waals surface area contributed by atoms with Gasteiger partial charge in [0.15, 0.2) is 11.6 Å². The molecule has 1 fully saturated rings. The van der Waals surface area contributed by atoms with Gasteiger partial charge in [-0.25, -0.2) is 4.39 Å². The van der Waals surface area contributed by atoms with Gasteiger partial charge < -0.3 is 15.4 Å². The molecule has 116 valence electrons. The van der Waals surface area contributed by atoms with Crippen molar-refractivity contribution in [3.63, 3.8) is 0 Å². The first-order valence-corrected chi connectivity index (χ1v) is 7.32. The SMILES string of the molecule is COc1ccc(C2C(N)CCC(=O)N2CC(C)C)cc1F. The van der Waals surface area contributed by atoms with E-state index >= 15 is 0 Å². The van der Waals surface area contributed by atoms with Crippen LogP contribution in [0.25, 0.3) is 0 Å². The molecule has 1 saturated heterocycles. The Morgan fingerprint density at radius 3 is 2.76 bits per heavy atom. The fourth-order valence-electron chi connectivity index (χ4n) is 2.88. The van der Waals surface area contributed by atoms with Gasteiger partial charge in [0.25, 0.3) is 0 Å². The normalized spacial score (nSPS) is 22.8. The predicted molar refractivity (Wildman–Crippen MR) is 79.5 cm³/mol. The van der Waals surface area contributed by atoms with Crippen LogP contribution in [0.3, 0.4) is 0 Å². The Hall–Kier alpha value is -1.62. The average molecular weight is 294 g/mol. The van der Waals surface area contributed by atoms with Crippen molar-refractivity contribution in [2.45, 2.75) is 38.8 Å². The molecule has 2 N–H and O–H groups in total. The molecule has 1 aliphatic rings. The van der Waals surface area contributed by atoms with Crippen molar-refractivity contribution in [3.05, 3.63) is 29.6 Å². The Balaban J connectivity index is 2.35. The molecule has 0 bridgehead atoms. The van der Waals surface area contributed by atoms with Gasteiger partial charge in [-0.1, -0.05) is 19.9 Å². The van der Waals surface area contributed by atoms with Crippen LogP contribution in [-0.4, -0.2) is 30.5 Å². The second-order valence-electron chi connectivity index (χ2n) is 5.98. The minimum atomic E-state index is -0.426. The molecule has 1 heterocycles. The lowest BCUT2D eigenvalue weighted by molar-refractivity contribution is -0.138. The van der Waals surface area contributed by atoms with Gasteiger partial charge in [0.05, 0.1) is 13.2 Å². The molecule has 1 amide bonds. The molecule has 0 saturated carbocycles. The van der Waals surface area contributed by atoms with Crippen molar-refractivity contribution >= 4 is 5.91 Å². The fourth-order valence-corrected chi connectivity index (χ4v) is 2.88. The smallest absolute Gasteiger partial charge is 0.223 e. The summed E-state index contributed by atoms with van der Waals surface area (Å²) in [5, 5.41) is 0. The van der Waals surface area contributed by atoms with E-state index in [2.05, 4.69) is 13.8 Å². The molecular formula is C16H23FN2O2. The first-order chi connectivity index (χ1) is 9.93. The van der Waals surface area contributed by atoms with Gasteiger partial charge >= 0.3 is 0 Å². The van der Waals surface area contributed by atoms with Crippen LogP contribution in [0.15, 0.2) is 18.2 Å². The van der Waals surface area contributed by atoms with Gasteiger partial charge in [-0.3, -0.25) is 4.79 Å². The number of halogens is 1. The quantitative estimate of drug-likeness (QED) is 0.928. The highest BCUT2D eigenvalue weighted by molar-refractivity contribution is 5.78. The number of ether oxygens (including phenoxy) is 1. The molecule has 1 aromatic rings. The van der Waals surface area contributed by atoms with E-state index < -0.39 is 5.82 Å². The molecule has 21 heavy (non-hydrogen) atoms. The maximum Gasteiger partial charge on any atom is 0.223 e. The van der Waals surface area contributed by atoms with Crippen molar-refractivity contribution in [2.75, 3.05) is 13.7 Å². The Morgan fingerprint density at radius 1 is 1.48 bits per heavy atom. The standard InChI is InChI=1S/C16H23FN2O2/c1-10(2)9-19-15(20)7-5-13(18)16(19)11-4-6-14(21-3)12(17)8-11/h4,6,8,10,13,16H,5,7,9,18H2,1-3H3. The first kappa shape index (κ1) is 15.8. The molecule has 5 heteroatoms.